The van der Waals surface area contributed by atoms with E-state index in [9.17, 15) is 9.59 Å². The SMILES string of the molecule is O=C(NCCc1cc2ccccc2[nH]c1=O)C12CC3CC(CC(C3)C1)C2. The zero-order chi connectivity index (χ0) is 17.7. The molecule has 2 N–H and O–H groups in total. The van der Waals surface area contributed by atoms with Crippen molar-refractivity contribution < 1.29 is 4.79 Å². The molecule has 1 heterocycles. The Morgan fingerprint density at radius 2 is 1.73 bits per heavy atom. The molecule has 1 aromatic heterocycles. The molecule has 4 fully saturated rings. The molecule has 4 aliphatic carbocycles. The second-order valence-corrected chi connectivity index (χ2v) is 8.91. The largest absolute Gasteiger partial charge is 0.355 e. The van der Waals surface area contributed by atoms with Crippen LogP contribution in [-0.4, -0.2) is 17.4 Å². The van der Waals surface area contributed by atoms with Gasteiger partial charge in [-0.15, -0.1) is 0 Å². The van der Waals surface area contributed by atoms with Gasteiger partial charge < -0.3 is 10.3 Å². The molecule has 26 heavy (non-hydrogen) atoms. The maximum absolute atomic E-state index is 13.0. The third-order valence-corrected chi connectivity index (χ3v) is 7.03. The number of hydrogen-bond acceptors (Lipinski definition) is 2. The van der Waals surface area contributed by atoms with Gasteiger partial charge in [0.2, 0.25) is 5.91 Å². The molecule has 0 spiro atoms. The third kappa shape index (κ3) is 2.67. The van der Waals surface area contributed by atoms with Crippen molar-refractivity contribution in [3.63, 3.8) is 0 Å². The van der Waals surface area contributed by atoms with Crippen molar-refractivity contribution in [3.05, 3.63) is 46.2 Å². The first kappa shape index (κ1) is 16.1. The van der Waals surface area contributed by atoms with Gasteiger partial charge in [-0.1, -0.05) is 18.2 Å². The topological polar surface area (TPSA) is 62.0 Å². The summed E-state index contributed by atoms with van der Waals surface area (Å²) >= 11 is 0. The number of nitrogens with one attached hydrogen (secondary N) is 2. The van der Waals surface area contributed by atoms with E-state index in [1.807, 2.05) is 30.3 Å². The quantitative estimate of drug-likeness (QED) is 0.888. The van der Waals surface area contributed by atoms with E-state index in [0.717, 1.165) is 53.5 Å². The van der Waals surface area contributed by atoms with Gasteiger partial charge in [-0.05, 0) is 80.2 Å². The van der Waals surface area contributed by atoms with E-state index in [0.29, 0.717) is 13.0 Å². The highest BCUT2D eigenvalue weighted by atomic mass is 16.2. The summed E-state index contributed by atoms with van der Waals surface area (Å²) in [6.07, 6.45) is 7.87. The van der Waals surface area contributed by atoms with Crippen molar-refractivity contribution in [2.24, 2.45) is 23.2 Å². The summed E-state index contributed by atoms with van der Waals surface area (Å²) in [6.45, 7) is 0.544. The highest BCUT2D eigenvalue weighted by molar-refractivity contribution is 5.83. The molecule has 0 unspecified atom stereocenters. The molecule has 2 aromatic rings. The van der Waals surface area contributed by atoms with Crippen LogP contribution >= 0.6 is 0 Å². The zero-order valence-electron chi connectivity index (χ0n) is 15.1. The Kier molecular flexibility index (Phi) is 3.70. The van der Waals surface area contributed by atoms with Gasteiger partial charge in [0.15, 0.2) is 0 Å². The fraction of sp³-hybridized carbons (Fsp3) is 0.545. The highest BCUT2D eigenvalue weighted by Gasteiger charge is 2.54. The Bertz CT molecular complexity index is 878. The van der Waals surface area contributed by atoms with Crippen LogP contribution in [0.5, 0.6) is 0 Å². The lowest BCUT2D eigenvalue weighted by Gasteiger charge is -2.55. The van der Waals surface area contributed by atoms with E-state index < -0.39 is 0 Å². The van der Waals surface area contributed by atoms with Crippen LogP contribution in [0.25, 0.3) is 10.9 Å². The molecule has 1 aromatic carbocycles. The highest BCUT2D eigenvalue weighted by Crippen LogP contribution is 2.60. The Hall–Kier alpha value is -2.10. The number of carbonyl (C=O) groups is 1. The number of fused-ring (bicyclic) bond motifs is 1. The monoisotopic (exact) mass is 350 g/mol. The molecule has 136 valence electrons. The number of aromatic nitrogens is 1. The summed E-state index contributed by atoms with van der Waals surface area (Å²) in [5, 5.41) is 4.21. The van der Waals surface area contributed by atoms with Crippen molar-refractivity contribution in [2.75, 3.05) is 6.54 Å². The zero-order valence-corrected chi connectivity index (χ0v) is 15.1. The summed E-state index contributed by atoms with van der Waals surface area (Å²) < 4.78 is 0. The Morgan fingerprint density at radius 3 is 2.42 bits per heavy atom. The maximum Gasteiger partial charge on any atom is 0.251 e. The number of hydrogen-bond donors (Lipinski definition) is 2. The van der Waals surface area contributed by atoms with Gasteiger partial charge in [0.05, 0.1) is 0 Å². The molecule has 0 radical (unpaired) electrons. The van der Waals surface area contributed by atoms with Gasteiger partial charge in [0.1, 0.15) is 0 Å². The fourth-order valence-electron chi connectivity index (χ4n) is 6.27. The van der Waals surface area contributed by atoms with Gasteiger partial charge >= 0.3 is 0 Å². The van der Waals surface area contributed by atoms with Gasteiger partial charge in [-0.2, -0.15) is 0 Å². The third-order valence-electron chi connectivity index (χ3n) is 7.03. The minimum atomic E-state index is -0.107. The minimum Gasteiger partial charge on any atom is -0.355 e. The number of benzene rings is 1. The Labute approximate surface area is 153 Å². The summed E-state index contributed by atoms with van der Waals surface area (Å²) in [4.78, 5) is 28.2. The second-order valence-electron chi connectivity index (χ2n) is 8.91. The summed E-state index contributed by atoms with van der Waals surface area (Å²) in [5.74, 6) is 2.56. The lowest BCUT2D eigenvalue weighted by atomic mass is 9.49. The van der Waals surface area contributed by atoms with Crippen LogP contribution in [0.1, 0.15) is 44.1 Å². The van der Waals surface area contributed by atoms with Crippen molar-refractivity contribution in [1.29, 1.82) is 0 Å². The van der Waals surface area contributed by atoms with Crippen molar-refractivity contribution in [1.82, 2.24) is 10.3 Å². The number of aromatic amines is 1. The lowest BCUT2D eigenvalue weighted by Crippen LogP contribution is -2.53. The Morgan fingerprint density at radius 1 is 1.08 bits per heavy atom. The number of carbonyl (C=O) groups excluding carboxylic acids is 1. The van der Waals surface area contributed by atoms with Gasteiger partial charge in [0, 0.05) is 23.0 Å². The first-order chi connectivity index (χ1) is 12.6. The fourth-order valence-corrected chi connectivity index (χ4v) is 6.27. The molecule has 4 saturated carbocycles. The van der Waals surface area contributed by atoms with E-state index in [1.165, 1.54) is 19.3 Å². The van der Waals surface area contributed by atoms with E-state index in [4.69, 9.17) is 0 Å². The molecule has 0 atom stereocenters. The summed E-state index contributed by atoms with van der Waals surface area (Å²) in [5.41, 5.74) is 1.45. The predicted octanol–water partition coefficient (Wildman–Crippen LogP) is 3.40. The van der Waals surface area contributed by atoms with E-state index in [2.05, 4.69) is 10.3 Å². The van der Waals surface area contributed by atoms with Crippen LogP contribution in [0.3, 0.4) is 0 Å². The molecular weight excluding hydrogens is 324 g/mol. The van der Waals surface area contributed by atoms with Crippen LogP contribution in [0.4, 0.5) is 0 Å². The second kappa shape index (κ2) is 5.97. The van der Waals surface area contributed by atoms with Crippen LogP contribution in [0.2, 0.25) is 0 Å². The summed E-state index contributed by atoms with van der Waals surface area (Å²) in [6, 6.07) is 9.76. The number of para-hydroxylation sites is 1. The van der Waals surface area contributed by atoms with Crippen LogP contribution in [-0.2, 0) is 11.2 Å². The lowest BCUT2D eigenvalue weighted by molar-refractivity contribution is -0.146. The predicted molar refractivity (Wildman–Crippen MR) is 102 cm³/mol. The molecule has 0 aliphatic heterocycles. The standard InChI is InChI=1S/C22H26N2O2/c25-20-18(10-17-3-1-2-4-19(17)24-20)5-6-23-21(26)22-11-14-7-15(12-22)9-16(8-14)13-22/h1-4,10,14-16H,5-9,11-13H2,(H,23,26)(H,24,25). The molecule has 1 amide bonds. The Balaban J connectivity index is 1.26. The number of pyridine rings is 1. The van der Waals surface area contributed by atoms with E-state index in [-0.39, 0.29) is 16.9 Å². The van der Waals surface area contributed by atoms with Crippen LogP contribution in [0.15, 0.2) is 35.1 Å². The van der Waals surface area contributed by atoms with Gasteiger partial charge in [0.25, 0.3) is 5.56 Å². The van der Waals surface area contributed by atoms with E-state index in [1.54, 1.807) is 0 Å². The molecule has 0 saturated heterocycles. The number of amides is 1. The average Bonchev–Trinajstić information content (AvgIpc) is 2.61. The first-order valence-corrected chi connectivity index (χ1v) is 10.0. The first-order valence-electron chi connectivity index (χ1n) is 10.0. The van der Waals surface area contributed by atoms with Crippen molar-refractivity contribution in [2.45, 2.75) is 44.9 Å². The molecule has 4 heteroatoms. The van der Waals surface area contributed by atoms with Gasteiger partial charge in [-0.25, -0.2) is 0 Å². The summed E-state index contributed by atoms with van der Waals surface area (Å²) in [7, 11) is 0. The van der Waals surface area contributed by atoms with E-state index >= 15 is 0 Å². The maximum atomic E-state index is 13.0. The number of H-pyrrole nitrogens is 1. The molecule has 4 nitrogen and oxygen atoms in total. The average molecular weight is 350 g/mol. The van der Waals surface area contributed by atoms with Gasteiger partial charge in [-0.3, -0.25) is 9.59 Å². The number of rotatable bonds is 4. The molecular formula is C22H26N2O2. The minimum absolute atomic E-state index is 0.0484. The van der Waals surface area contributed by atoms with Crippen molar-refractivity contribution in [3.8, 4) is 0 Å². The van der Waals surface area contributed by atoms with Crippen LogP contribution < -0.4 is 10.9 Å². The molecule has 4 aliphatic rings. The molecule has 4 bridgehead atoms. The van der Waals surface area contributed by atoms with Crippen LogP contribution in [0, 0.1) is 23.2 Å². The normalized spacial score (nSPS) is 32.1. The molecule has 6 rings (SSSR count). The smallest absolute Gasteiger partial charge is 0.251 e. The van der Waals surface area contributed by atoms with Crippen molar-refractivity contribution >= 4 is 16.8 Å².